The van der Waals surface area contributed by atoms with Crippen molar-refractivity contribution in [1.29, 1.82) is 0 Å². The van der Waals surface area contributed by atoms with E-state index in [4.69, 9.17) is 4.52 Å². The van der Waals surface area contributed by atoms with E-state index in [1.54, 1.807) is 50.3 Å². The molecule has 0 fully saturated rings. The van der Waals surface area contributed by atoms with E-state index in [0.29, 0.717) is 29.2 Å². The Morgan fingerprint density at radius 1 is 1.03 bits per heavy atom. The van der Waals surface area contributed by atoms with Crippen LogP contribution in [-0.2, 0) is 21.2 Å². The molecule has 162 valence electrons. The van der Waals surface area contributed by atoms with Crippen LogP contribution in [0.3, 0.4) is 0 Å². The molecule has 0 aliphatic heterocycles. The first-order valence-electron chi connectivity index (χ1n) is 9.98. The lowest BCUT2D eigenvalue weighted by Gasteiger charge is -2.09. The highest BCUT2D eigenvalue weighted by Gasteiger charge is 2.15. The number of aryl methyl sites for hydroxylation is 2. The Kier molecular flexibility index (Phi) is 6.91. The quantitative estimate of drug-likeness (QED) is 0.522. The number of benzene rings is 2. The zero-order valence-corrected chi connectivity index (χ0v) is 18.5. The van der Waals surface area contributed by atoms with Gasteiger partial charge in [-0.25, -0.2) is 8.42 Å². The molecule has 0 unspecified atom stereocenters. The van der Waals surface area contributed by atoms with Gasteiger partial charge in [0.25, 0.3) is 10.0 Å². The summed E-state index contributed by atoms with van der Waals surface area (Å²) in [5.74, 6) is 0.292. The van der Waals surface area contributed by atoms with E-state index in [2.05, 4.69) is 15.2 Å². The molecule has 0 radical (unpaired) electrons. The number of anilines is 2. The summed E-state index contributed by atoms with van der Waals surface area (Å²) in [6.07, 6.45) is 4.68. The SMILES string of the molecule is CCC(=O)Nc1c(C)noc1/C=C\c1ccc(S(=O)(=O)Nc2ccc(CC)cc2)cc1. The number of nitrogens with zero attached hydrogens (tertiary/aromatic N) is 1. The number of carbonyl (C=O) groups excluding carboxylic acids is 1. The molecule has 3 rings (SSSR count). The highest BCUT2D eigenvalue weighted by atomic mass is 32.2. The number of hydrogen-bond donors (Lipinski definition) is 2. The number of carbonyl (C=O) groups is 1. The molecular weight excluding hydrogens is 414 g/mol. The maximum absolute atomic E-state index is 12.6. The van der Waals surface area contributed by atoms with Gasteiger partial charge in [0.05, 0.1) is 4.90 Å². The molecule has 0 atom stereocenters. The average molecular weight is 440 g/mol. The largest absolute Gasteiger partial charge is 0.354 e. The number of amides is 1. The van der Waals surface area contributed by atoms with Crippen molar-refractivity contribution < 1.29 is 17.7 Å². The Morgan fingerprint density at radius 2 is 1.71 bits per heavy atom. The van der Waals surface area contributed by atoms with Crippen LogP contribution in [0.4, 0.5) is 11.4 Å². The van der Waals surface area contributed by atoms with Crippen molar-refractivity contribution in [1.82, 2.24) is 5.16 Å². The minimum Gasteiger partial charge on any atom is -0.354 e. The van der Waals surface area contributed by atoms with Crippen LogP contribution in [0.1, 0.15) is 42.8 Å². The molecule has 7 nitrogen and oxygen atoms in total. The second-order valence-corrected chi connectivity index (χ2v) is 8.65. The molecule has 31 heavy (non-hydrogen) atoms. The molecule has 1 amide bonds. The van der Waals surface area contributed by atoms with Gasteiger partial charge in [-0.1, -0.05) is 49.3 Å². The fourth-order valence-electron chi connectivity index (χ4n) is 2.83. The number of rotatable bonds is 8. The number of sulfonamides is 1. The van der Waals surface area contributed by atoms with Gasteiger partial charge in [0, 0.05) is 12.1 Å². The maximum Gasteiger partial charge on any atom is 0.261 e. The average Bonchev–Trinajstić information content (AvgIpc) is 3.12. The minimum absolute atomic E-state index is 0.132. The minimum atomic E-state index is -3.69. The monoisotopic (exact) mass is 439 g/mol. The molecule has 8 heteroatoms. The van der Waals surface area contributed by atoms with Gasteiger partial charge in [-0.15, -0.1) is 0 Å². The summed E-state index contributed by atoms with van der Waals surface area (Å²) in [4.78, 5) is 11.8. The highest BCUT2D eigenvalue weighted by Crippen LogP contribution is 2.23. The Morgan fingerprint density at radius 3 is 2.32 bits per heavy atom. The van der Waals surface area contributed by atoms with E-state index in [1.165, 1.54) is 12.1 Å². The van der Waals surface area contributed by atoms with E-state index in [0.717, 1.165) is 17.5 Å². The van der Waals surface area contributed by atoms with Crippen LogP contribution in [-0.4, -0.2) is 19.5 Å². The molecule has 0 saturated heterocycles. The molecule has 2 N–H and O–H groups in total. The van der Waals surface area contributed by atoms with Crippen molar-refractivity contribution in [2.24, 2.45) is 0 Å². The lowest BCUT2D eigenvalue weighted by atomic mass is 10.2. The summed E-state index contributed by atoms with van der Waals surface area (Å²) in [5.41, 5.74) is 3.54. The van der Waals surface area contributed by atoms with E-state index >= 15 is 0 Å². The summed E-state index contributed by atoms with van der Waals surface area (Å²) >= 11 is 0. The summed E-state index contributed by atoms with van der Waals surface area (Å²) in [6, 6.07) is 13.8. The molecule has 2 aromatic carbocycles. The van der Waals surface area contributed by atoms with E-state index < -0.39 is 10.0 Å². The first-order valence-corrected chi connectivity index (χ1v) is 11.5. The van der Waals surface area contributed by atoms with Crippen LogP contribution in [0.25, 0.3) is 12.2 Å². The zero-order valence-electron chi connectivity index (χ0n) is 17.7. The molecule has 0 saturated carbocycles. The third kappa shape index (κ3) is 5.61. The van der Waals surface area contributed by atoms with Crippen molar-refractivity contribution in [3.05, 3.63) is 71.1 Å². The lowest BCUT2D eigenvalue weighted by molar-refractivity contribution is -0.115. The second kappa shape index (κ2) is 9.61. The normalized spacial score (nSPS) is 11.6. The maximum atomic E-state index is 12.6. The molecule has 0 spiro atoms. The van der Waals surface area contributed by atoms with Crippen LogP contribution in [0.2, 0.25) is 0 Å². The molecule has 0 aliphatic carbocycles. The van der Waals surface area contributed by atoms with Crippen LogP contribution >= 0.6 is 0 Å². The van der Waals surface area contributed by atoms with Gasteiger partial charge in [-0.3, -0.25) is 9.52 Å². The molecule has 1 heterocycles. The predicted molar refractivity (Wildman–Crippen MR) is 122 cm³/mol. The first kappa shape index (κ1) is 22.3. The molecule has 0 bridgehead atoms. The molecule has 3 aromatic rings. The van der Waals surface area contributed by atoms with Crippen molar-refractivity contribution in [2.45, 2.75) is 38.5 Å². The van der Waals surface area contributed by atoms with Crippen LogP contribution in [0.15, 0.2) is 57.9 Å². The Balaban J connectivity index is 1.73. The fraction of sp³-hybridized carbons (Fsp3) is 0.217. The van der Waals surface area contributed by atoms with E-state index in [9.17, 15) is 13.2 Å². The summed E-state index contributed by atoms with van der Waals surface area (Å²) in [5, 5.41) is 6.65. The fourth-order valence-corrected chi connectivity index (χ4v) is 3.89. The number of hydrogen-bond acceptors (Lipinski definition) is 5. The Hall–Kier alpha value is -3.39. The molecule has 0 aliphatic rings. The smallest absolute Gasteiger partial charge is 0.261 e. The molecular formula is C23H25N3O4S. The standard InChI is InChI=1S/C23H25N3O4S/c1-4-17-6-11-19(12-7-17)26-31(28,29)20-13-8-18(9-14-20)10-15-21-23(16(3)25-30-21)24-22(27)5-2/h6-15,26H,4-5H2,1-3H3,(H,24,27)/b15-10-. The van der Waals surface area contributed by atoms with Crippen molar-refractivity contribution in [3.8, 4) is 0 Å². The third-order valence-electron chi connectivity index (χ3n) is 4.71. The van der Waals surface area contributed by atoms with Gasteiger partial charge in [-0.2, -0.15) is 0 Å². The van der Waals surface area contributed by atoms with Gasteiger partial charge < -0.3 is 9.84 Å². The third-order valence-corrected chi connectivity index (χ3v) is 6.10. The summed E-state index contributed by atoms with van der Waals surface area (Å²) in [7, 11) is -3.69. The predicted octanol–water partition coefficient (Wildman–Crippen LogP) is 4.87. The van der Waals surface area contributed by atoms with Gasteiger partial charge in [-0.05, 0) is 54.8 Å². The van der Waals surface area contributed by atoms with Crippen molar-refractivity contribution in [3.63, 3.8) is 0 Å². The van der Waals surface area contributed by atoms with Crippen LogP contribution in [0.5, 0.6) is 0 Å². The van der Waals surface area contributed by atoms with E-state index in [-0.39, 0.29) is 10.8 Å². The zero-order chi connectivity index (χ0) is 22.4. The summed E-state index contributed by atoms with van der Waals surface area (Å²) in [6.45, 7) is 5.55. The topological polar surface area (TPSA) is 101 Å². The van der Waals surface area contributed by atoms with Crippen molar-refractivity contribution in [2.75, 3.05) is 10.0 Å². The number of nitrogens with one attached hydrogen (secondary N) is 2. The first-order chi connectivity index (χ1) is 14.8. The van der Waals surface area contributed by atoms with Crippen LogP contribution in [0, 0.1) is 6.92 Å². The van der Waals surface area contributed by atoms with Gasteiger partial charge in [0.1, 0.15) is 11.4 Å². The van der Waals surface area contributed by atoms with Gasteiger partial charge in [0.15, 0.2) is 5.76 Å². The van der Waals surface area contributed by atoms with Gasteiger partial charge in [0.2, 0.25) is 5.91 Å². The molecule has 1 aromatic heterocycles. The van der Waals surface area contributed by atoms with Crippen molar-refractivity contribution >= 4 is 39.5 Å². The Labute approximate surface area is 182 Å². The van der Waals surface area contributed by atoms with Gasteiger partial charge >= 0.3 is 0 Å². The Bertz CT molecular complexity index is 1180. The lowest BCUT2D eigenvalue weighted by Crippen LogP contribution is -2.12. The number of aromatic nitrogens is 1. The van der Waals surface area contributed by atoms with E-state index in [1.807, 2.05) is 19.1 Å². The summed E-state index contributed by atoms with van der Waals surface area (Å²) < 4.78 is 33.1. The second-order valence-electron chi connectivity index (χ2n) is 6.97. The highest BCUT2D eigenvalue weighted by molar-refractivity contribution is 7.92. The van der Waals surface area contributed by atoms with Crippen LogP contribution < -0.4 is 10.0 Å².